The molecule has 0 radical (unpaired) electrons. The molecular weight excluding hydrogens is 232 g/mol. The number of hydrogen-bond acceptors (Lipinski definition) is 2. The summed E-state index contributed by atoms with van der Waals surface area (Å²) in [7, 11) is 0. The van der Waals surface area contributed by atoms with Crippen LogP contribution in [0.25, 0.3) is 0 Å². The van der Waals surface area contributed by atoms with Crippen molar-refractivity contribution in [1.29, 1.82) is 0 Å². The predicted molar refractivity (Wildman–Crippen MR) is 75.5 cm³/mol. The van der Waals surface area contributed by atoms with Crippen molar-refractivity contribution < 1.29 is 0 Å². The van der Waals surface area contributed by atoms with Crippen LogP contribution in [0.5, 0.6) is 0 Å². The molecule has 1 spiro atoms. The maximum atomic E-state index is 6.43. The maximum absolute atomic E-state index is 6.43. The second kappa shape index (κ2) is 2.91. The molecule has 19 heavy (non-hydrogen) atoms. The number of nitrogens with two attached hydrogens (primary N) is 2. The van der Waals surface area contributed by atoms with Crippen molar-refractivity contribution in [3.63, 3.8) is 0 Å². The summed E-state index contributed by atoms with van der Waals surface area (Å²) in [5.41, 5.74) is 15.4. The lowest BCUT2D eigenvalue weighted by Crippen LogP contribution is -2.94. The second-order valence-corrected chi connectivity index (χ2v) is 7.53. The van der Waals surface area contributed by atoms with E-state index in [1.165, 1.54) is 25.7 Å². The molecule has 4 saturated carbocycles. The third-order valence-electron chi connectivity index (χ3n) is 7.59. The van der Waals surface area contributed by atoms with E-state index in [-0.39, 0.29) is 6.04 Å². The zero-order valence-electron chi connectivity index (χ0n) is 11.3. The van der Waals surface area contributed by atoms with Crippen molar-refractivity contribution in [3.05, 3.63) is 35.9 Å². The largest absolute Gasteiger partial charge is 0.329 e. The number of rotatable bonds is 3. The predicted octanol–water partition coefficient (Wildman–Crippen LogP) is 2.03. The van der Waals surface area contributed by atoms with Gasteiger partial charge in [-0.2, -0.15) is 0 Å². The van der Waals surface area contributed by atoms with Crippen molar-refractivity contribution in [2.75, 3.05) is 6.54 Å². The van der Waals surface area contributed by atoms with Gasteiger partial charge in [-0.3, -0.25) is 0 Å². The molecule has 0 amide bonds. The summed E-state index contributed by atoms with van der Waals surface area (Å²) in [4.78, 5) is 0. The van der Waals surface area contributed by atoms with Crippen LogP contribution in [-0.4, -0.2) is 12.6 Å². The summed E-state index contributed by atoms with van der Waals surface area (Å²) in [6, 6.07) is 11.4. The first kappa shape index (κ1) is 10.9. The standard InChI is InChI=1S/C17H22N2/c18-9-14(19)16-8-13-6-12-7-15(10-16,17(12,13)16)11-4-2-1-3-5-11/h1-5,12-14H,6-10,18-19H2. The van der Waals surface area contributed by atoms with E-state index < -0.39 is 0 Å². The minimum absolute atomic E-state index is 0.226. The fourth-order valence-electron chi connectivity index (χ4n) is 7.28. The molecule has 5 rings (SSSR count). The SMILES string of the molecule is NCC(N)C12CC3CC4CC(c5ccccc5)(C1)C432. The van der Waals surface area contributed by atoms with E-state index in [0.717, 1.165) is 11.8 Å². The Balaban J connectivity index is 1.60. The Morgan fingerprint density at radius 2 is 1.89 bits per heavy atom. The van der Waals surface area contributed by atoms with E-state index in [4.69, 9.17) is 11.5 Å². The van der Waals surface area contributed by atoms with Crippen molar-refractivity contribution in [2.45, 2.75) is 37.1 Å². The Kier molecular flexibility index (Phi) is 1.67. The third kappa shape index (κ3) is 0.776. The molecule has 6 atom stereocenters. The Hall–Kier alpha value is -0.860. The molecular formula is C17H22N2. The molecule has 1 aromatic carbocycles. The summed E-state index contributed by atoms with van der Waals surface area (Å²) in [5, 5.41) is 0. The van der Waals surface area contributed by atoms with Gasteiger partial charge in [-0.05, 0) is 53.9 Å². The summed E-state index contributed by atoms with van der Waals surface area (Å²) in [6.07, 6.45) is 5.53. The van der Waals surface area contributed by atoms with Crippen LogP contribution in [0.3, 0.4) is 0 Å². The van der Waals surface area contributed by atoms with Crippen molar-refractivity contribution in [1.82, 2.24) is 0 Å². The highest BCUT2D eigenvalue weighted by Crippen LogP contribution is 2.97. The topological polar surface area (TPSA) is 52.0 Å². The van der Waals surface area contributed by atoms with Gasteiger partial charge in [0.1, 0.15) is 0 Å². The van der Waals surface area contributed by atoms with Crippen LogP contribution in [0.2, 0.25) is 0 Å². The van der Waals surface area contributed by atoms with Crippen LogP contribution < -0.4 is 11.5 Å². The molecule has 2 heteroatoms. The molecule has 4 aliphatic rings. The summed E-state index contributed by atoms with van der Waals surface area (Å²) < 4.78 is 0. The van der Waals surface area contributed by atoms with Crippen molar-refractivity contribution in [3.8, 4) is 0 Å². The van der Waals surface area contributed by atoms with Crippen LogP contribution in [-0.2, 0) is 5.41 Å². The lowest BCUT2D eigenvalue weighted by molar-refractivity contribution is -0.452. The molecule has 1 aromatic rings. The lowest BCUT2D eigenvalue weighted by atomic mass is 9.07. The van der Waals surface area contributed by atoms with Crippen molar-refractivity contribution in [2.24, 2.45) is 34.1 Å². The van der Waals surface area contributed by atoms with Gasteiger partial charge < -0.3 is 11.5 Å². The quantitative estimate of drug-likeness (QED) is 0.867. The van der Waals surface area contributed by atoms with E-state index in [1.807, 2.05) is 0 Å². The Morgan fingerprint density at radius 1 is 1.16 bits per heavy atom. The number of benzene rings is 1. The molecule has 6 unspecified atom stereocenters. The van der Waals surface area contributed by atoms with E-state index in [2.05, 4.69) is 30.3 Å². The molecule has 0 heterocycles. The highest BCUT2D eigenvalue weighted by atomic mass is 15.0. The molecule has 100 valence electrons. The third-order valence-corrected chi connectivity index (χ3v) is 7.59. The van der Waals surface area contributed by atoms with Gasteiger partial charge in [0.15, 0.2) is 0 Å². The molecule has 2 nitrogen and oxygen atoms in total. The van der Waals surface area contributed by atoms with Crippen LogP contribution in [0.4, 0.5) is 0 Å². The Labute approximate surface area is 114 Å². The Bertz CT molecular complexity index is 550. The van der Waals surface area contributed by atoms with Gasteiger partial charge >= 0.3 is 0 Å². The van der Waals surface area contributed by atoms with E-state index in [1.54, 1.807) is 5.56 Å². The van der Waals surface area contributed by atoms with Gasteiger partial charge in [-0.25, -0.2) is 0 Å². The lowest BCUT2D eigenvalue weighted by Gasteiger charge is -2.97. The normalized spacial score (nSPS) is 53.6. The average molecular weight is 254 g/mol. The van der Waals surface area contributed by atoms with E-state index >= 15 is 0 Å². The first-order valence-corrected chi connectivity index (χ1v) is 7.72. The van der Waals surface area contributed by atoms with E-state index in [9.17, 15) is 0 Å². The summed E-state index contributed by atoms with van der Waals surface area (Å²) in [5.74, 6) is 1.91. The molecule has 4 aliphatic carbocycles. The highest BCUT2D eigenvalue weighted by molar-refractivity contribution is 5.52. The zero-order valence-corrected chi connectivity index (χ0v) is 11.3. The molecule has 0 aliphatic heterocycles. The fraction of sp³-hybridized carbons (Fsp3) is 0.647. The zero-order chi connectivity index (χ0) is 12.9. The van der Waals surface area contributed by atoms with E-state index in [0.29, 0.717) is 22.8 Å². The first-order valence-electron chi connectivity index (χ1n) is 7.72. The fourth-order valence-corrected chi connectivity index (χ4v) is 7.28. The first-order chi connectivity index (χ1) is 9.21. The number of hydrogen-bond donors (Lipinski definition) is 2. The smallest absolute Gasteiger partial charge is 0.0226 e. The second-order valence-electron chi connectivity index (χ2n) is 7.53. The minimum Gasteiger partial charge on any atom is -0.329 e. The monoisotopic (exact) mass is 254 g/mol. The van der Waals surface area contributed by atoms with Crippen LogP contribution >= 0.6 is 0 Å². The van der Waals surface area contributed by atoms with Crippen molar-refractivity contribution >= 4 is 0 Å². The summed E-state index contributed by atoms with van der Waals surface area (Å²) in [6.45, 7) is 0.659. The summed E-state index contributed by atoms with van der Waals surface area (Å²) >= 11 is 0. The van der Waals surface area contributed by atoms with Crippen LogP contribution in [0, 0.1) is 22.7 Å². The minimum atomic E-state index is 0.226. The molecule has 0 saturated heterocycles. The molecule has 0 bridgehead atoms. The molecule has 4 N–H and O–H groups in total. The van der Waals surface area contributed by atoms with Gasteiger partial charge in [0.25, 0.3) is 0 Å². The van der Waals surface area contributed by atoms with Gasteiger partial charge in [0, 0.05) is 18.0 Å². The maximum Gasteiger partial charge on any atom is 0.0226 e. The van der Waals surface area contributed by atoms with Gasteiger partial charge in [-0.15, -0.1) is 0 Å². The molecule has 0 aromatic heterocycles. The average Bonchev–Trinajstić information content (AvgIpc) is 2.36. The highest BCUT2D eigenvalue weighted by Gasteiger charge is 2.94. The van der Waals surface area contributed by atoms with Gasteiger partial charge in [-0.1, -0.05) is 30.3 Å². The molecule has 4 fully saturated rings. The van der Waals surface area contributed by atoms with Gasteiger partial charge in [0.2, 0.25) is 0 Å². The Morgan fingerprint density at radius 3 is 2.53 bits per heavy atom. The van der Waals surface area contributed by atoms with Crippen LogP contribution in [0.15, 0.2) is 30.3 Å². The van der Waals surface area contributed by atoms with Crippen LogP contribution in [0.1, 0.15) is 31.2 Å². The van der Waals surface area contributed by atoms with Gasteiger partial charge in [0.05, 0.1) is 0 Å².